The molecule has 0 radical (unpaired) electrons. The van der Waals surface area contributed by atoms with E-state index in [-0.39, 0.29) is 11.8 Å². The molecule has 2 saturated heterocycles. The maximum atomic E-state index is 12.3. The molecule has 0 saturated carbocycles. The van der Waals surface area contributed by atoms with Crippen molar-refractivity contribution in [3.63, 3.8) is 0 Å². The van der Waals surface area contributed by atoms with Crippen molar-refractivity contribution in [2.45, 2.75) is 63.8 Å². The summed E-state index contributed by atoms with van der Waals surface area (Å²) < 4.78 is 0. The molecular formula is C20H27ClN2O2. The molecule has 2 amide bonds. The number of nitrogens with zero attached hydrogens (tertiary/aromatic N) is 1. The van der Waals surface area contributed by atoms with Gasteiger partial charge in [-0.1, -0.05) is 23.7 Å². The zero-order chi connectivity index (χ0) is 18.2. The first kappa shape index (κ1) is 18.4. The van der Waals surface area contributed by atoms with Gasteiger partial charge in [0.25, 0.3) is 0 Å². The lowest BCUT2D eigenvalue weighted by Gasteiger charge is -2.36. The van der Waals surface area contributed by atoms with E-state index in [0.717, 1.165) is 36.5 Å². The van der Waals surface area contributed by atoms with Crippen LogP contribution < -0.4 is 5.32 Å². The number of hydrogen-bond acceptors (Lipinski definition) is 3. The Morgan fingerprint density at radius 2 is 1.92 bits per heavy atom. The highest BCUT2D eigenvalue weighted by Crippen LogP contribution is 2.38. The fourth-order valence-corrected chi connectivity index (χ4v) is 4.34. The van der Waals surface area contributed by atoms with E-state index in [0.29, 0.717) is 24.8 Å². The first-order valence-corrected chi connectivity index (χ1v) is 9.57. The summed E-state index contributed by atoms with van der Waals surface area (Å²) in [6.07, 6.45) is 3.13. The number of hydrogen-bond donors (Lipinski definition) is 1. The van der Waals surface area contributed by atoms with Gasteiger partial charge < -0.3 is 4.90 Å². The highest BCUT2D eigenvalue weighted by atomic mass is 35.5. The average Bonchev–Trinajstić information content (AvgIpc) is 2.58. The smallest absolute Gasteiger partial charge is 0.236 e. The van der Waals surface area contributed by atoms with Crippen LogP contribution in [0.1, 0.15) is 63.5 Å². The first-order valence-electron chi connectivity index (χ1n) is 9.19. The van der Waals surface area contributed by atoms with Crippen LogP contribution in [0, 0.1) is 0 Å². The normalized spacial score (nSPS) is 26.1. The minimum atomic E-state index is -0.683. The summed E-state index contributed by atoms with van der Waals surface area (Å²) >= 11 is 6.61. The van der Waals surface area contributed by atoms with Gasteiger partial charge in [0.1, 0.15) is 0 Å². The SMILES string of the molecule is CC(C)N1CCC(c2ccc([C@]3(C)CCC(=O)NC3=O)cc2Cl)CC1. The standard InChI is InChI=1S/C20H27ClN2O2/c1-13(2)23-10-7-14(8-11-23)16-5-4-15(12-17(16)21)20(3)9-6-18(24)22-19(20)25/h4-5,12-14H,6-11H2,1-3H3,(H,22,24,25)/t20-/m0/s1. The number of carbonyl (C=O) groups excluding carboxylic acids is 2. The van der Waals surface area contributed by atoms with Crippen LogP contribution in [-0.2, 0) is 15.0 Å². The molecule has 0 spiro atoms. The van der Waals surface area contributed by atoms with E-state index >= 15 is 0 Å². The van der Waals surface area contributed by atoms with Gasteiger partial charge in [-0.3, -0.25) is 14.9 Å². The molecule has 0 bridgehead atoms. The number of rotatable bonds is 3. The number of carbonyl (C=O) groups is 2. The van der Waals surface area contributed by atoms with Crippen LogP contribution in [0.25, 0.3) is 0 Å². The van der Waals surface area contributed by atoms with Crippen molar-refractivity contribution in [3.8, 4) is 0 Å². The molecule has 136 valence electrons. The Kier molecular flexibility index (Phi) is 5.21. The Balaban J connectivity index is 1.78. The van der Waals surface area contributed by atoms with Crippen molar-refractivity contribution in [2.75, 3.05) is 13.1 Å². The van der Waals surface area contributed by atoms with Crippen LogP contribution in [0.2, 0.25) is 5.02 Å². The predicted molar refractivity (Wildman–Crippen MR) is 99.9 cm³/mol. The largest absolute Gasteiger partial charge is 0.301 e. The second kappa shape index (κ2) is 7.08. The van der Waals surface area contributed by atoms with Crippen LogP contribution in [0.3, 0.4) is 0 Å². The molecule has 1 atom stereocenters. The summed E-state index contributed by atoms with van der Waals surface area (Å²) in [5, 5.41) is 3.20. The molecule has 2 aliphatic rings. The van der Waals surface area contributed by atoms with Crippen molar-refractivity contribution in [2.24, 2.45) is 0 Å². The monoisotopic (exact) mass is 362 g/mol. The van der Waals surface area contributed by atoms with E-state index in [1.807, 2.05) is 19.1 Å². The highest BCUT2D eigenvalue weighted by molar-refractivity contribution is 6.31. The number of amides is 2. The summed E-state index contributed by atoms with van der Waals surface area (Å²) in [7, 11) is 0. The van der Waals surface area contributed by atoms with Crippen LogP contribution in [-0.4, -0.2) is 35.8 Å². The molecule has 2 fully saturated rings. The fourth-order valence-electron chi connectivity index (χ4n) is 4.01. The molecule has 0 aromatic heterocycles. The topological polar surface area (TPSA) is 49.4 Å². The van der Waals surface area contributed by atoms with E-state index in [2.05, 4.69) is 30.1 Å². The molecule has 1 N–H and O–H groups in total. The molecule has 0 unspecified atom stereocenters. The Hall–Kier alpha value is -1.39. The second-order valence-corrected chi connectivity index (χ2v) is 8.26. The Bertz CT molecular complexity index is 680. The summed E-state index contributed by atoms with van der Waals surface area (Å²) in [6, 6.07) is 6.63. The molecule has 2 heterocycles. The van der Waals surface area contributed by atoms with Crippen LogP contribution >= 0.6 is 11.6 Å². The Morgan fingerprint density at radius 1 is 1.24 bits per heavy atom. The minimum Gasteiger partial charge on any atom is -0.301 e. The quantitative estimate of drug-likeness (QED) is 0.835. The molecule has 2 aliphatic heterocycles. The van der Waals surface area contributed by atoms with Gasteiger partial charge in [-0.25, -0.2) is 0 Å². The van der Waals surface area contributed by atoms with E-state index < -0.39 is 5.41 Å². The minimum absolute atomic E-state index is 0.192. The summed E-state index contributed by atoms with van der Waals surface area (Å²) in [6.45, 7) is 8.57. The van der Waals surface area contributed by atoms with Gasteiger partial charge in [0, 0.05) is 17.5 Å². The molecule has 4 nitrogen and oxygen atoms in total. The summed E-state index contributed by atoms with van der Waals surface area (Å²) in [5.41, 5.74) is 1.40. The zero-order valence-corrected chi connectivity index (χ0v) is 16.0. The number of benzene rings is 1. The van der Waals surface area contributed by atoms with E-state index in [4.69, 9.17) is 11.6 Å². The van der Waals surface area contributed by atoms with Crippen LogP contribution in [0.15, 0.2) is 18.2 Å². The van der Waals surface area contributed by atoms with Crippen molar-refractivity contribution in [3.05, 3.63) is 34.3 Å². The molecule has 3 rings (SSSR count). The van der Waals surface area contributed by atoms with Gasteiger partial charge >= 0.3 is 0 Å². The maximum Gasteiger partial charge on any atom is 0.236 e. The second-order valence-electron chi connectivity index (χ2n) is 7.85. The van der Waals surface area contributed by atoms with E-state index in [1.54, 1.807) is 0 Å². The Labute approximate surface area is 154 Å². The highest BCUT2D eigenvalue weighted by Gasteiger charge is 2.40. The van der Waals surface area contributed by atoms with Crippen LogP contribution in [0.4, 0.5) is 0 Å². The van der Waals surface area contributed by atoms with Gasteiger partial charge in [-0.15, -0.1) is 0 Å². The molecular weight excluding hydrogens is 336 g/mol. The van der Waals surface area contributed by atoms with Crippen molar-refractivity contribution >= 4 is 23.4 Å². The summed E-state index contributed by atoms with van der Waals surface area (Å²) in [5.74, 6) is 0.0611. The first-order chi connectivity index (χ1) is 11.8. The van der Waals surface area contributed by atoms with Gasteiger partial charge in [0.05, 0.1) is 5.41 Å². The average molecular weight is 363 g/mol. The Morgan fingerprint density at radius 3 is 2.48 bits per heavy atom. The van der Waals surface area contributed by atoms with Crippen molar-refractivity contribution in [1.82, 2.24) is 10.2 Å². The molecule has 25 heavy (non-hydrogen) atoms. The maximum absolute atomic E-state index is 12.3. The van der Waals surface area contributed by atoms with Crippen LogP contribution in [0.5, 0.6) is 0 Å². The number of halogens is 1. The lowest BCUT2D eigenvalue weighted by atomic mass is 9.75. The van der Waals surface area contributed by atoms with E-state index in [9.17, 15) is 9.59 Å². The van der Waals surface area contributed by atoms with Gasteiger partial charge in [-0.2, -0.15) is 0 Å². The van der Waals surface area contributed by atoms with Gasteiger partial charge in [0.15, 0.2) is 0 Å². The third kappa shape index (κ3) is 3.61. The lowest BCUT2D eigenvalue weighted by Crippen LogP contribution is -2.49. The zero-order valence-electron chi connectivity index (χ0n) is 15.3. The number of likely N-dealkylation sites (tertiary alicyclic amines) is 1. The third-order valence-electron chi connectivity index (χ3n) is 5.94. The molecule has 5 heteroatoms. The molecule has 0 aliphatic carbocycles. The summed E-state index contributed by atoms with van der Waals surface area (Å²) in [4.78, 5) is 26.3. The van der Waals surface area contributed by atoms with Crippen molar-refractivity contribution < 1.29 is 9.59 Å². The van der Waals surface area contributed by atoms with Crippen molar-refractivity contribution in [1.29, 1.82) is 0 Å². The fraction of sp³-hybridized carbons (Fsp3) is 0.600. The third-order valence-corrected chi connectivity index (χ3v) is 6.27. The lowest BCUT2D eigenvalue weighted by molar-refractivity contribution is -0.137. The van der Waals surface area contributed by atoms with Gasteiger partial charge in [-0.05, 0) is 76.2 Å². The molecule has 1 aromatic rings. The number of nitrogens with one attached hydrogen (secondary N) is 1. The van der Waals surface area contributed by atoms with Gasteiger partial charge in [0.2, 0.25) is 11.8 Å². The predicted octanol–water partition coefficient (Wildman–Crippen LogP) is 3.62. The number of imide groups is 1. The number of piperidine rings is 2. The van der Waals surface area contributed by atoms with E-state index in [1.165, 1.54) is 5.56 Å². The molecule has 1 aromatic carbocycles.